The van der Waals surface area contributed by atoms with E-state index >= 15 is 0 Å². The molecule has 11 heteroatoms. The highest BCUT2D eigenvalue weighted by atomic mass is 35.5. The highest BCUT2D eigenvalue weighted by Gasteiger charge is 2.32. The van der Waals surface area contributed by atoms with Gasteiger partial charge >= 0.3 is 0 Å². The van der Waals surface area contributed by atoms with Gasteiger partial charge in [0.05, 0.1) is 22.9 Å². The molecule has 0 aliphatic rings. The minimum absolute atomic E-state index is 0.153. The van der Waals surface area contributed by atoms with Crippen LogP contribution in [-0.2, 0) is 27.9 Å². The van der Waals surface area contributed by atoms with Crippen molar-refractivity contribution in [3.8, 4) is 0 Å². The zero-order chi connectivity index (χ0) is 25.8. The van der Waals surface area contributed by atoms with E-state index in [4.69, 9.17) is 16.0 Å². The summed E-state index contributed by atoms with van der Waals surface area (Å²) in [5.41, 5.74) is 0.345. The lowest BCUT2D eigenvalue weighted by Gasteiger charge is -2.29. The molecule has 3 aromatic rings. The van der Waals surface area contributed by atoms with Crippen molar-refractivity contribution in [1.82, 2.24) is 9.21 Å². The van der Waals surface area contributed by atoms with Crippen LogP contribution in [0.5, 0.6) is 0 Å². The van der Waals surface area contributed by atoms with Crippen LogP contribution in [0.2, 0.25) is 5.02 Å². The molecule has 0 aliphatic carbocycles. The number of benzene rings is 2. The van der Waals surface area contributed by atoms with E-state index in [1.807, 2.05) is 30.3 Å². The molecule has 1 aromatic heterocycles. The van der Waals surface area contributed by atoms with Crippen LogP contribution in [0.3, 0.4) is 0 Å². The second-order valence-corrected chi connectivity index (χ2v) is 10.6. The summed E-state index contributed by atoms with van der Waals surface area (Å²) in [4.78, 5) is 25.1. The quantitative estimate of drug-likeness (QED) is 0.281. The number of nitro benzene ring substituents is 1. The molecule has 1 amide bonds. The molecule has 0 bridgehead atoms. The smallest absolute Gasteiger partial charge is 0.289 e. The van der Waals surface area contributed by atoms with Crippen molar-refractivity contribution in [2.75, 3.05) is 6.54 Å². The van der Waals surface area contributed by atoms with E-state index in [9.17, 15) is 23.3 Å². The number of nitrogens with zero attached hydrogens (tertiary/aromatic N) is 3. The number of rotatable bonds is 10. The van der Waals surface area contributed by atoms with Gasteiger partial charge < -0.3 is 9.32 Å². The lowest BCUT2D eigenvalue weighted by molar-refractivity contribution is -0.384. The number of carbonyl (C=O) groups excluding carboxylic acids is 1. The van der Waals surface area contributed by atoms with Crippen molar-refractivity contribution in [3.05, 3.63) is 92.9 Å². The standard InChI is InChI=1S/C24H26ClN3O6S/c1-17(2)27(35(32,33)21-11-12-22(25)23(13-21)28(30)31)16-24(29)26(14-19-7-5-4-6-8-19)15-20-10-9-18(3)34-20/h4-13,17H,14-16H2,1-3H3. The highest BCUT2D eigenvalue weighted by molar-refractivity contribution is 7.89. The molecule has 0 atom stereocenters. The van der Waals surface area contributed by atoms with Crippen LogP contribution in [0.1, 0.15) is 30.9 Å². The first-order valence-corrected chi connectivity index (χ1v) is 12.6. The van der Waals surface area contributed by atoms with E-state index in [1.165, 1.54) is 11.0 Å². The molecule has 0 aliphatic heterocycles. The summed E-state index contributed by atoms with van der Waals surface area (Å²) in [6, 6.07) is 15.5. The molecule has 0 saturated carbocycles. The van der Waals surface area contributed by atoms with Gasteiger partial charge in [0.1, 0.15) is 16.5 Å². The maximum atomic E-state index is 13.4. The Kier molecular flexibility index (Phi) is 8.31. The number of nitro groups is 1. The Morgan fingerprint density at radius 2 is 1.77 bits per heavy atom. The first kappa shape index (κ1) is 26.4. The topological polar surface area (TPSA) is 114 Å². The van der Waals surface area contributed by atoms with Crippen LogP contribution in [0.25, 0.3) is 0 Å². The molecule has 3 rings (SSSR count). The number of aryl methyl sites for hydroxylation is 1. The number of furan rings is 1. The molecule has 0 radical (unpaired) electrons. The largest absolute Gasteiger partial charge is 0.464 e. The number of hydrogen-bond donors (Lipinski definition) is 0. The average molecular weight is 520 g/mol. The van der Waals surface area contributed by atoms with Crippen LogP contribution in [0, 0.1) is 17.0 Å². The molecular formula is C24H26ClN3O6S. The molecule has 35 heavy (non-hydrogen) atoms. The number of carbonyl (C=O) groups is 1. The number of amides is 1. The molecule has 0 unspecified atom stereocenters. The fraction of sp³-hybridized carbons (Fsp3) is 0.292. The Morgan fingerprint density at radius 3 is 2.34 bits per heavy atom. The Labute approximate surface area is 209 Å². The summed E-state index contributed by atoms with van der Waals surface area (Å²) in [7, 11) is -4.24. The molecule has 0 saturated heterocycles. The Bertz CT molecular complexity index is 1310. The van der Waals surface area contributed by atoms with Gasteiger partial charge in [-0.25, -0.2) is 8.42 Å². The molecule has 0 spiro atoms. The third kappa shape index (κ3) is 6.47. The van der Waals surface area contributed by atoms with Gasteiger partial charge in [0.25, 0.3) is 5.69 Å². The van der Waals surface area contributed by atoms with Crippen molar-refractivity contribution >= 4 is 33.2 Å². The molecule has 1 heterocycles. The molecule has 0 N–H and O–H groups in total. The summed E-state index contributed by atoms with van der Waals surface area (Å²) in [5, 5.41) is 11.1. The zero-order valence-electron chi connectivity index (χ0n) is 19.5. The molecule has 0 fully saturated rings. The van der Waals surface area contributed by atoms with Gasteiger partial charge in [0, 0.05) is 18.7 Å². The van der Waals surface area contributed by atoms with E-state index in [0.717, 1.165) is 22.0 Å². The summed E-state index contributed by atoms with van der Waals surface area (Å²) in [5.74, 6) is 0.825. The van der Waals surface area contributed by atoms with Crippen LogP contribution < -0.4 is 0 Å². The van der Waals surface area contributed by atoms with Gasteiger partial charge in [-0.05, 0) is 50.6 Å². The monoisotopic (exact) mass is 519 g/mol. The van der Waals surface area contributed by atoms with Crippen molar-refractivity contribution in [2.24, 2.45) is 0 Å². The Morgan fingerprint density at radius 1 is 1.09 bits per heavy atom. The summed E-state index contributed by atoms with van der Waals surface area (Å²) in [6.07, 6.45) is 0. The second-order valence-electron chi connectivity index (χ2n) is 8.26. The second kappa shape index (κ2) is 11.0. The van der Waals surface area contributed by atoms with Gasteiger partial charge in [0.15, 0.2) is 0 Å². The van der Waals surface area contributed by atoms with Crippen LogP contribution in [-0.4, -0.2) is 41.0 Å². The third-order valence-electron chi connectivity index (χ3n) is 5.30. The van der Waals surface area contributed by atoms with E-state index < -0.39 is 39.1 Å². The summed E-state index contributed by atoms with van der Waals surface area (Å²) < 4.78 is 33.5. The third-order valence-corrected chi connectivity index (χ3v) is 7.64. The first-order chi connectivity index (χ1) is 16.5. The molecule has 9 nitrogen and oxygen atoms in total. The normalized spacial score (nSPS) is 11.7. The van der Waals surface area contributed by atoms with E-state index in [2.05, 4.69) is 0 Å². The summed E-state index contributed by atoms with van der Waals surface area (Å²) in [6.45, 7) is 5.01. The van der Waals surface area contributed by atoms with Crippen LogP contribution >= 0.6 is 11.6 Å². The molecule has 2 aromatic carbocycles. The fourth-order valence-electron chi connectivity index (χ4n) is 3.50. The van der Waals surface area contributed by atoms with Crippen LogP contribution in [0.15, 0.2) is 70.0 Å². The van der Waals surface area contributed by atoms with Gasteiger partial charge in [0.2, 0.25) is 15.9 Å². The van der Waals surface area contributed by atoms with E-state index in [-0.39, 0.29) is 23.0 Å². The van der Waals surface area contributed by atoms with E-state index in [0.29, 0.717) is 11.5 Å². The van der Waals surface area contributed by atoms with Gasteiger partial charge in [-0.15, -0.1) is 0 Å². The Hall–Kier alpha value is -3.21. The van der Waals surface area contributed by atoms with Crippen molar-refractivity contribution < 1.29 is 22.6 Å². The van der Waals surface area contributed by atoms with Gasteiger partial charge in [-0.2, -0.15) is 4.31 Å². The van der Waals surface area contributed by atoms with Gasteiger partial charge in [-0.1, -0.05) is 41.9 Å². The fourth-order valence-corrected chi connectivity index (χ4v) is 5.29. The van der Waals surface area contributed by atoms with Crippen molar-refractivity contribution in [2.45, 2.75) is 44.8 Å². The predicted molar refractivity (Wildman–Crippen MR) is 131 cm³/mol. The zero-order valence-corrected chi connectivity index (χ0v) is 21.1. The number of hydrogen-bond acceptors (Lipinski definition) is 6. The maximum absolute atomic E-state index is 13.4. The van der Waals surface area contributed by atoms with Crippen LogP contribution in [0.4, 0.5) is 5.69 Å². The molecular weight excluding hydrogens is 494 g/mol. The minimum atomic E-state index is -4.24. The lowest BCUT2D eigenvalue weighted by atomic mass is 10.2. The average Bonchev–Trinajstić information content (AvgIpc) is 3.21. The minimum Gasteiger partial charge on any atom is -0.464 e. The highest BCUT2D eigenvalue weighted by Crippen LogP contribution is 2.29. The number of sulfonamides is 1. The first-order valence-electron chi connectivity index (χ1n) is 10.8. The predicted octanol–water partition coefficient (Wildman–Crippen LogP) is 4.78. The number of halogens is 1. The lowest BCUT2D eigenvalue weighted by Crippen LogP contribution is -2.45. The summed E-state index contributed by atoms with van der Waals surface area (Å²) >= 11 is 5.85. The van der Waals surface area contributed by atoms with E-state index in [1.54, 1.807) is 32.9 Å². The van der Waals surface area contributed by atoms with Crippen molar-refractivity contribution in [3.63, 3.8) is 0 Å². The van der Waals surface area contributed by atoms with Gasteiger partial charge in [-0.3, -0.25) is 14.9 Å². The SMILES string of the molecule is Cc1ccc(CN(Cc2ccccc2)C(=O)CN(C(C)C)S(=O)(=O)c2ccc(Cl)c([N+](=O)[O-])c2)o1. The van der Waals surface area contributed by atoms with Crippen molar-refractivity contribution in [1.29, 1.82) is 0 Å². The Balaban J connectivity index is 1.91. The maximum Gasteiger partial charge on any atom is 0.289 e. The molecule has 186 valence electrons.